The molecule has 0 amide bonds. The molecule has 7 nitrogen and oxygen atoms in total. The van der Waals surface area contributed by atoms with Gasteiger partial charge in [0, 0.05) is 26.3 Å². The predicted octanol–water partition coefficient (Wildman–Crippen LogP) is 2.23. The number of ether oxygens (including phenoxy) is 1. The minimum absolute atomic E-state index is 0.151. The van der Waals surface area contributed by atoms with Crippen LogP contribution in [0.2, 0.25) is 0 Å². The Hall–Kier alpha value is -0.430. The van der Waals surface area contributed by atoms with E-state index in [1.165, 1.54) is 14.0 Å². The summed E-state index contributed by atoms with van der Waals surface area (Å²) in [7, 11) is -9.65. The Morgan fingerprint density at radius 3 is 2.00 bits per heavy atom. The first-order chi connectivity index (χ1) is 10.3. The molecule has 1 atom stereocenters. The molecule has 0 radical (unpaired) electrons. The van der Waals surface area contributed by atoms with E-state index < -0.39 is 31.8 Å². The maximum absolute atomic E-state index is 12.4. The molecule has 140 valence electrons. The summed E-state index contributed by atoms with van der Waals surface area (Å²) in [6.07, 6.45) is 0.769. The van der Waals surface area contributed by atoms with Crippen LogP contribution in [0.4, 0.5) is 13.2 Å². The summed E-state index contributed by atoms with van der Waals surface area (Å²) in [4.78, 5) is 0. The van der Waals surface area contributed by atoms with E-state index in [0.29, 0.717) is 23.8 Å². The van der Waals surface area contributed by atoms with Gasteiger partial charge in [0.05, 0.1) is 0 Å². The fourth-order valence-corrected chi connectivity index (χ4v) is 4.28. The van der Waals surface area contributed by atoms with E-state index in [-0.39, 0.29) is 12.5 Å². The summed E-state index contributed by atoms with van der Waals surface area (Å²) < 4.78 is 90.8. The SMILES string of the molecule is COCCCCN([C@H](C)C(C)C)S(=O)(=O)[N-]S(=O)(=O)C(F)(F)F. The lowest BCUT2D eigenvalue weighted by atomic mass is 10.1. The van der Waals surface area contributed by atoms with Gasteiger partial charge in [0.2, 0.25) is 0 Å². The molecule has 12 heteroatoms. The molecule has 0 N–H and O–H groups in total. The molecule has 0 heterocycles. The number of alkyl halides is 3. The molecular formula is C11H22F3N2O5S2-. The van der Waals surface area contributed by atoms with Crippen LogP contribution in [0.25, 0.3) is 4.13 Å². The van der Waals surface area contributed by atoms with Gasteiger partial charge in [-0.1, -0.05) is 13.8 Å². The lowest BCUT2D eigenvalue weighted by Crippen LogP contribution is -2.43. The first-order valence-corrected chi connectivity index (χ1v) is 9.66. The number of halogens is 3. The number of nitrogens with zero attached hydrogens (tertiary/aromatic N) is 2. The van der Waals surface area contributed by atoms with Gasteiger partial charge in [0.15, 0.2) is 10.0 Å². The summed E-state index contributed by atoms with van der Waals surface area (Å²) in [6.45, 7) is 5.01. The molecular weight excluding hydrogens is 361 g/mol. The molecule has 0 aromatic heterocycles. The van der Waals surface area contributed by atoms with Gasteiger partial charge in [-0.3, -0.25) is 0 Å². The standard InChI is InChI=1S/C11H22F3N2O5S2/c1-9(2)10(3)16(7-5-6-8-21-4)23(19,20)15-22(17,18)11(12,13)14/h9-10H,5-8H2,1-4H3/q-1/t10-/m1/s1. The van der Waals surface area contributed by atoms with Crippen LogP contribution in [0, 0.1) is 5.92 Å². The fraction of sp³-hybridized carbons (Fsp3) is 1.00. The average molecular weight is 383 g/mol. The second-order valence-corrected chi connectivity index (χ2v) is 8.64. The topological polar surface area (TPSA) is 94.8 Å². The third-order valence-electron chi connectivity index (χ3n) is 3.18. The van der Waals surface area contributed by atoms with Crippen molar-refractivity contribution in [2.45, 2.75) is 45.2 Å². The number of hydrogen-bond donors (Lipinski definition) is 0. The minimum Gasteiger partial charge on any atom is -0.415 e. The highest BCUT2D eigenvalue weighted by molar-refractivity contribution is 8.11. The molecule has 0 unspecified atom stereocenters. The molecule has 0 fully saturated rings. The predicted molar refractivity (Wildman–Crippen MR) is 79.4 cm³/mol. The Bertz CT molecular complexity index is 561. The second-order valence-electron chi connectivity index (χ2n) is 5.27. The zero-order valence-corrected chi connectivity index (χ0v) is 15.0. The van der Waals surface area contributed by atoms with Gasteiger partial charge in [-0.05, 0) is 25.7 Å². The molecule has 0 aromatic carbocycles. The minimum atomic E-state index is -6.12. The third-order valence-corrected chi connectivity index (χ3v) is 6.41. The highest BCUT2D eigenvalue weighted by atomic mass is 32.3. The number of methoxy groups -OCH3 is 1. The smallest absolute Gasteiger partial charge is 0.415 e. The van der Waals surface area contributed by atoms with Gasteiger partial charge < -0.3 is 8.86 Å². The maximum Gasteiger partial charge on any atom is 0.480 e. The molecule has 0 spiro atoms. The van der Waals surface area contributed by atoms with E-state index >= 15 is 0 Å². The van der Waals surface area contributed by atoms with Gasteiger partial charge >= 0.3 is 5.51 Å². The maximum atomic E-state index is 12.4. The van der Waals surface area contributed by atoms with Crippen LogP contribution in [-0.2, 0) is 25.0 Å². The van der Waals surface area contributed by atoms with Crippen LogP contribution in [0.5, 0.6) is 0 Å². The highest BCUT2D eigenvalue weighted by Gasteiger charge is 2.41. The first-order valence-electron chi connectivity index (χ1n) is 6.82. The van der Waals surface area contributed by atoms with Crippen molar-refractivity contribution in [1.29, 1.82) is 0 Å². The van der Waals surface area contributed by atoms with E-state index in [4.69, 9.17) is 4.74 Å². The zero-order chi connectivity index (χ0) is 18.5. The number of hydrogen-bond acceptors (Lipinski definition) is 5. The summed E-state index contributed by atoms with van der Waals surface area (Å²) in [6, 6.07) is -0.713. The monoisotopic (exact) mass is 383 g/mol. The fourth-order valence-electron chi connectivity index (χ4n) is 1.58. The Kier molecular flexibility index (Phi) is 8.44. The van der Waals surface area contributed by atoms with Gasteiger partial charge in [-0.25, -0.2) is 21.1 Å². The van der Waals surface area contributed by atoms with Crippen LogP contribution < -0.4 is 0 Å². The third kappa shape index (κ3) is 6.91. The van der Waals surface area contributed by atoms with Gasteiger partial charge in [0.1, 0.15) is 10.2 Å². The lowest BCUT2D eigenvalue weighted by Gasteiger charge is -2.36. The zero-order valence-electron chi connectivity index (χ0n) is 13.4. The largest absolute Gasteiger partial charge is 0.480 e. The second kappa shape index (κ2) is 8.60. The Morgan fingerprint density at radius 1 is 1.09 bits per heavy atom. The van der Waals surface area contributed by atoms with E-state index in [2.05, 4.69) is 4.13 Å². The van der Waals surface area contributed by atoms with E-state index in [1.807, 2.05) is 0 Å². The molecule has 0 saturated carbocycles. The van der Waals surface area contributed by atoms with Crippen LogP contribution in [-0.4, -0.2) is 53.0 Å². The van der Waals surface area contributed by atoms with Crippen LogP contribution in [0.15, 0.2) is 0 Å². The normalized spacial score (nSPS) is 15.3. The average Bonchev–Trinajstić information content (AvgIpc) is 2.34. The van der Waals surface area contributed by atoms with Crippen molar-refractivity contribution in [2.24, 2.45) is 5.92 Å². The molecule has 0 aliphatic carbocycles. The van der Waals surface area contributed by atoms with Gasteiger partial charge in [-0.2, -0.15) is 13.2 Å². The van der Waals surface area contributed by atoms with Crippen molar-refractivity contribution in [3.05, 3.63) is 4.13 Å². The molecule has 0 aliphatic rings. The molecule has 23 heavy (non-hydrogen) atoms. The highest BCUT2D eigenvalue weighted by Crippen LogP contribution is 2.32. The van der Waals surface area contributed by atoms with Crippen LogP contribution >= 0.6 is 0 Å². The summed E-state index contributed by atoms with van der Waals surface area (Å²) in [5.74, 6) is -0.240. The van der Waals surface area contributed by atoms with Crippen molar-refractivity contribution >= 4 is 20.2 Å². The summed E-state index contributed by atoms with van der Waals surface area (Å²) in [5, 5.41) is 0. The van der Waals surface area contributed by atoms with Crippen molar-refractivity contribution in [3.63, 3.8) is 0 Å². The molecule has 0 saturated heterocycles. The van der Waals surface area contributed by atoms with Crippen molar-refractivity contribution in [2.75, 3.05) is 20.3 Å². The van der Waals surface area contributed by atoms with Crippen molar-refractivity contribution in [1.82, 2.24) is 4.31 Å². The molecule has 0 rings (SSSR count). The van der Waals surface area contributed by atoms with E-state index in [9.17, 15) is 30.0 Å². The van der Waals surface area contributed by atoms with E-state index in [0.717, 1.165) is 0 Å². The number of sulfonamides is 1. The van der Waals surface area contributed by atoms with Crippen LogP contribution in [0.3, 0.4) is 0 Å². The Morgan fingerprint density at radius 2 is 1.61 bits per heavy atom. The molecule has 0 aliphatic heterocycles. The van der Waals surface area contributed by atoms with E-state index in [1.54, 1.807) is 13.8 Å². The lowest BCUT2D eigenvalue weighted by molar-refractivity contribution is -0.0425. The summed E-state index contributed by atoms with van der Waals surface area (Å²) >= 11 is 0. The van der Waals surface area contributed by atoms with Gasteiger partial charge in [-0.15, -0.1) is 0 Å². The van der Waals surface area contributed by atoms with Crippen molar-refractivity contribution in [3.8, 4) is 0 Å². The summed E-state index contributed by atoms with van der Waals surface area (Å²) in [5.41, 5.74) is -5.76. The van der Waals surface area contributed by atoms with Crippen molar-refractivity contribution < 1.29 is 34.7 Å². The molecule has 0 aromatic rings. The Balaban J connectivity index is 5.35. The van der Waals surface area contributed by atoms with Gasteiger partial charge in [0.25, 0.3) is 0 Å². The number of unbranched alkanes of at least 4 members (excludes halogenated alkanes) is 1. The number of rotatable bonds is 10. The Labute approximate surface area is 135 Å². The van der Waals surface area contributed by atoms with Crippen LogP contribution in [0.1, 0.15) is 33.6 Å². The first kappa shape index (κ1) is 22.6. The quantitative estimate of drug-likeness (QED) is 0.539. The molecule has 0 bridgehead atoms.